The van der Waals surface area contributed by atoms with Crippen LogP contribution in [0, 0.1) is 11.6 Å². The Labute approximate surface area is 105 Å². The topological polar surface area (TPSA) is 43.4 Å². The summed E-state index contributed by atoms with van der Waals surface area (Å²) < 4.78 is 55.0. The van der Waals surface area contributed by atoms with Crippen molar-refractivity contribution in [1.29, 1.82) is 0 Å². The first kappa shape index (κ1) is 13.4. The monoisotopic (exact) mass is 276 g/mol. The average molecular weight is 276 g/mol. The molecule has 0 aliphatic carbocycles. The van der Waals surface area contributed by atoms with Gasteiger partial charge < -0.3 is 4.74 Å². The van der Waals surface area contributed by atoms with E-state index < -0.39 is 27.2 Å². The van der Waals surface area contributed by atoms with E-state index in [0.29, 0.717) is 19.1 Å². The standard InChI is InChI=1S/C12H14F2O3S/c13-10-4-3-9(12(14)6-10)7-18(15,16)8-11-2-1-5-17-11/h3-4,6,11H,1-2,5,7-8H2. The summed E-state index contributed by atoms with van der Waals surface area (Å²) in [6.45, 7) is 0.575. The molecule has 2 rings (SSSR count). The Balaban J connectivity index is 2.07. The fourth-order valence-electron chi connectivity index (χ4n) is 1.99. The van der Waals surface area contributed by atoms with Crippen LogP contribution in [0.5, 0.6) is 0 Å². The summed E-state index contributed by atoms with van der Waals surface area (Å²) >= 11 is 0. The van der Waals surface area contributed by atoms with Crippen LogP contribution in [0.15, 0.2) is 18.2 Å². The van der Waals surface area contributed by atoms with E-state index in [4.69, 9.17) is 4.74 Å². The summed E-state index contributed by atoms with van der Waals surface area (Å²) in [5.41, 5.74) is -0.00519. The van der Waals surface area contributed by atoms with Gasteiger partial charge in [0, 0.05) is 18.2 Å². The van der Waals surface area contributed by atoms with Gasteiger partial charge >= 0.3 is 0 Å². The zero-order valence-electron chi connectivity index (χ0n) is 9.73. The van der Waals surface area contributed by atoms with E-state index in [1.165, 1.54) is 0 Å². The average Bonchev–Trinajstić information content (AvgIpc) is 2.74. The zero-order chi connectivity index (χ0) is 13.2. The number of hydrogen-bond donors (Lipinski definition) is 0. The molecule has 0 amide bonds. The SMILES string of the molecule is O=S(=O)(Cc1ccc(F)cc1F)CC1CCCO1. The van der Waals surface area contributed by atoms with Crippen LogP contribution in [0.3, 0.4) is 0 Å². The Hall–Kier alpha value is -1.01. The van der Waals surface area contributed by atoms with Crippen LogP contribution in [0.2, 0.25) is 0 Å². The van der Waals surface area contributed by atoms with Crippen LogP contribution in [-0.2, 0) is 20.3 Å². The first-order valence-electron chi connectivity index (χ1n) is 5.72. The van der Waals surface area contributed by atoms with Crippen LogP contribution in [-0.4, -0.2) is 26.9 Å². The quantitative estimate of drug-likeness (QED) is 0.845. The maximum absolute atomic E-state index is 13.4. The fourth-order valence-corrected chi connectivity index (χ4v) is 3.65. The summed E-state index contributed by atoms with van der Waals surface area (Å²) in [6.07, 6.45) is 1.27. The van der Waals surface area contributed by atoms with Crippen molar-refractivity contribution in [2.45, 2.75) is 24.7 Å². The molecule has 1 aliphatic rings. The molecule has 18 heavy (non-hydrogen) atoms. The Morgan fingerprint density at radius 3 is 2.72 bits per heavy atom. The van der Waals surface area contributed by atoms with Crippen molar-refractivity contribution >= 4 is 9.84 Å². The molecule has 1 aliphatic heterocycles. The van der Waals surface area contributed by atoms with Gasteiger partial charge in [-0.05, 0) is 18.9 Å². The second-order valence-electron chi connectivity index (χ2n) is 4.43. The lowest BCUT2D eigenvalue weighted by Gasteiger charge is -2.10. The maximum Gasteiger partial charge on any atom is 0.157 e. The van der Waals surface area contributed by atoms with Gasteiger partial charge in [0.15, 0.2) is 9.84 Å². The first-order valence-corrected chi connectivity index (χ1v) is 7.54. The Bertz CT molecular complexity index is 522. The van der Waals surface area contributed by atoms with E-state index in [-0.39, 0.29) is 17.4 Å². The number of halogens is 2. The Morgan fingerprint density at radius 1 is 1.33 bits per heavy atom. The summed E-state index contributed by atoms with van der Waals surface area (Å²) in [6, 6.07) is 2.91. The van der Waals surface area contributed by atoms with Gasteiger partial charge in [0.2, 0.25) is 0 Å². The van der Waals surface area contributed by atoms with Crippen LogP contribution in [0.1, 0.15) is 18.4 Å². The zero-order valence-corrected chi connectivity index (χ0v) is 10.6. The number of hydrogen-bond acceptors (Lipinski definition) is 3. The maximum atomic E-state index is 13.4. The van der Waals surface area contributed by atoms with Gasteiger partial charge in [0.1, 0.15) is 11.6 Å². The van der Waals surface area contributed by atoms with E-state index in [1.807, 2.05) is 0 Å². The highest BCUT2D eigenvalue weighted by Gasteiger charge is 2.24. The van der Waals surface area contributed by atoms with Gasteiger partial charge in [0.25, 0.3) is 0 Å². The minimum Gasteiger partial charge on any atom is -0.377 e. The van der Waals surface area contributed by atoms with E-state index in [1.54, 1.807) is 0 Å². The van der Waals surface area contributed by atoms with Crippen LogP contribution < -0.4 is 0 Å². The summed E-state index contributed by atoms with van der Waals surface area (Å²) in [4.78, 5) is 0. The molecule has 1 heterocycles. The number of sulfone groups is 1. The molecule has 0 spiro atoms. The number of rotatable bonds is 4. The summed E-state index contributed by atoms with van der Waals surface area (Å²) in [7, 11) is -3.44. The molecule has 0 radical (unpaired) electrons. The molecular formula is C12H14F2O3S. The van der Waals surface area contributed by atoms with Crippen LogP contribution in [0.25, 0.3) is 0 Å². The highest BCUT2D eigenvalue weighted by Crippen LogP contribution is 2.18. The summed E-state index contributed by atoms with van der Waals surface area (Å²) in [5.74, 6) is -2.07. The van der Waals surface area contributed by atoms with Crippen molar-refractivity contribution in [1.82, 2.24) is 0 Å². The van der Waals surface area contributed by atoms with Gasteiger partial charge in [-0.25, -0.2) is 17.2 Å². The van der Waals surface area contributed by atoms with E-state index in [0.717, 1.165) is 18.6 Å². The Morgan fingerprint density at radius 2 is 2.11 bits per heavy atom. The molecule has 1 atom stereocenters. The molecule has 1 aromatic rings. The van der Waals surface area contributed by atoms with Crippen molar-refractivity contribution < 1.29 is 21.9 Å². The predicted molar refractivity (Wildman–Crippen MR) is 62.8 cm³/mol. The molecule has 0 aromatic heterocycles. The summed E-state index contributed by atoms with van der Waals surface area (Å²) in [5, 5.41) is 0. The normalized spacial score (nSPS) is 20.2. The van der Waals surface area contributed by atoms with Crippen molar-refractivity contribution in [3.63, 3.8) is 0 Å². The second kappa shape index (κ2) is 5.32. The van der Waals surface area contributed by atoms with E-state index in [2.05, 4.69) is 0 Å². The number of benzene rings is 1. The molecule has 1 saturated heterocycles. The molecule has 0 N–H and O–H groups in total. The predicted octanol–water partition coefficient (Wildman–Crippen LogP) is 2.06. The number of ether oxygens (including phenoxy) is 1. The van der Waals surface area contributed by atoms with Gasteiger partial charge in [-0.3, -0.25) is 0 Å². The highest BCUT2D eigenvalue weighted by molar-refractivity contribution is 7.90. The lowest BCUT2D eigenvalue weighted by Crippen LogP contribution is -2.21. The van der Waals surface area contributed by atoms with Crippen LogP contribution >= 0.6 is 0 Å². The third kappa shape index (κ3) is 3.49. The van der Waals surface area contributed by atoms with E-state index in [9.17, 15) is 17.2 Å². The lowest BCUT2D eigenvalue weighted by molar-refractivity contribution is 0.127. The largest absolute Gasteiger partial charge is 0.377 e. The first-order chi connectivity index (χ1) is 8.46. The third-order valence-electron chi connectivity index (χ3n) is 2.85. The van der Waals surface area contributed by atoms with Crippen molar-refractivity contribution in [2.75, 3.05) is 12.4 Å². The second-order valence-corrected chi connectivity index (χ2v) is 6.53. The minimum absolute atomic E-state index is 0.00519. The van der Waals surface area contributed by atoms with Gasteiger partial charge in [-0.15, -0.1) is 0 Å². The van der Waals surface area contributed by atoms with Gasteiger partial charge in [0.05, 0.1) is 17.6 Å². The molecule has 1 fully saturated rings. The van der Waals surface area contributed by atoms with Gasteiger partial charge in [-0.2, -0.15) is 0 Å². The molecular weight excluding hydrogens is 262 g/mol. The van der Waals surface area contributed by atoms with Crippen molar-refractivity contribution in [3.8, 4) is 0 Å². The van der Waals surface area contributed by atoms with Crippen molar-refractivity contribution in [3.05, 3.63) is 35.4 Å². The minimum atomic E-state index is -3.44. The molecule has 1 unspecified atom stereocenters. The lowest BCUT2D eigenvalue weighted by atomic mass is 10.2. The highest BCUT2D eigenvalue weighted by atomic mass is 32.2. The van der Waals surface area contributed by atoms with Gasteiger partial charge in [-0.1, -0.05) is 6.07 Å². The van der Waals surface area contributed by atoms with Crippen molar-refractivity contribution in [2.24, 2.45) is 0 Å². The molecule has 0 saturated carbocycles. The fraction of sp³-hybridized carbons (Fsp3) is 0.500. The van der Waals surface area contributed by atoms with Crippen LogP contribution in [0.4, 0.5) is 8.78 Å². The molecule has 3 nitrogen and oxygen atoms in total. The molecule has 0 bridgehead atoms. The molecule has 1 aromatic carbocycles. The Kier molecular flexibility index (Phi) is 3.97. The molecule has 100 valence electrons. The van der Waals surface area contributed by atoms with E-state index >= 15 is 0 Å². The molecule has 6 heteroatoms. The third-order valence-corrected chi connectivity index (χ3v) is 4.48. The smallest absolute Gasteiger partial charge is 0.157 e.